The number of benzene rings is 1. The second-order valence-corrected chi connectivity index (χ2v) is 5.75. The molecule has 1 aliphatic heterocycles. The summed E-state index contributed by atoms with van der Waals surface area (Å²) < 4.78 is 0. The number of Topliss-reactive ketones (excluding diaryl/α,β-unsaturated/α-hetero) is 1. The van der Waals surface area contributed by atoms with Gasteiger partial charge in [-0.15, -0.1) is 0 Å². The first-order valence-electron chi connectivity index (χ1n) is 7.51. The summed E-state index contributed by atoms with van der Waals surface area (Å²) in [4.78, 5) is 13.0. The second kappa shape index (κ2) is 6.33. The van der Waals surface area contributed by atoms with Crippen LogP contribution in [0, 0.1) is 5.92 Å². The fourth-order valence-corrected chi connectivity index (χ4v) is 3.32. The minimum Gasteiger partial charge on any atom is -0.317 e. The van der Waals surface area contributed by atoms with Gasteiger partial charge in [0, 0.05) is 5.92 Å². The van der Waals surface area contributed by atoms with E-state index in [9.17, 15) is 4.79 Å². The van der Waals surface area contributed by atoms with Crippen molar-refractivity contribution in [2.45, 2.75) is 44.9 Å². The number of carbonyl (C=O) groups excluding carboxylic acids is 1. The fourth-order valence-electron chi connectivity index (χ4n) is 3.32. The van der Waals surface area contributed by atoms with Crippen molar-refractivity contribution in [3.8, 4) is 0 Å². The van der Waals surface area contributed by atoms with Crippen LogP contribution < -0.4 is 5.32 Å². The van der Waals surface area contributed by atoms with Gasteiger partial charge in [0.2, 0.25) is 0 Å². The van der Waals surface area contributed by atoms with E-state index in [1.165, 1.54) is 5.56 Å². The van der Waals surface area contributed by atoms with Gasteiger partial charge in [-0.3, -0.25) is 4.79 Å². The molecule has 1 heterocycles. The van der Waals surface area contributed by atoms with Crippen LogP contribution in [0.4, 0.5) is 0 Å². The molecule has 1 saturated heterocycles. The highest BCUT2D eigenvalue weighted by Gasteiger charge is 2.42. The molecule has 2 nitrogen and oxygen atoms in total. The lowest BCUT2D eigenvalue weighted by atomic mass is 9.66. The maximum atomic E-state index is 13.0. The highest BCUT2D eigenvalue weighted by molar-refractivity contribution is 5.92. The molecule has 1 unspecified atom stereocenters. The Morgan fingerprint density at radius 1 is 1.26 bits per heavy atom. The lowest BCUT2D eigenvalue weighted by molar-refractivity contribution is -0.129. The van der Waals surface area contributed by atoms with Crippen molar-refractivity contribution in [3.63, 3.8) is 0 Å². The lowest BCUT2D eigenvalue weighted by Gasteiger charge is -2.38. The maximum Gasteiger partial charge on any atom is 0.146 e. The quantitative estimate of drug-likeness (QED) is 0.879. The van der Waals surface area contributed by atoms with Crippen molar-refractivity contribution >= 4 is 5.78 Å². The summed E-state index contributed by atoms with van der Waals surface area (Å²) in [6, 6.07) is 10.4. The van der Waals surface area contributed by atoms with Gasteiger partial charge < -0.3 is 5.32 Å². The van der Waals surface area contributed by atoms with Crippen LogP contribution in [0.1, 0.15) is 45.1 Å². The van der Waals surface area contributed by atoms with Crippen LogP contribution in [0.25, 0.3) is 0 Å². The predicted molar refractivity (Wildman–Crippen MR) is 79.3 cm³/mol. The van der Waals surface area contributed by atoms with Crippen LogP contribution in [0.15, 0.2) is 30.3 Å². The van der Waals surface area contributed by atoms with Gasteiger partial charge in [0.15, 0.2) is 0 Å². The van der Waals surface area contributed by atoms with E-state index in [0.717, 1.165) is 38.8 Å². The normalized spacial score (nSPS) is 19.9. The van der Waals surface area contributed by atoms with Gasteiger partial charge in [-0.2, -0.15) is 0 Å². The summed E-state index contributed by atoms with van der Waals surface area (Å²) in [7, 11) is 0. The molecule has 0 spiro atoms. The molecule has 1 fully saturated rings. The number of ketones is 1. The Bertz CT molecular complexity index is 407. The Hall–Kier alpha value is -1.15. The topological polar surface area (TPSA) is 29.1 Å². The fraction of sp³-hybridized carbons (Fsp3) is 0.588. The third-order valence-electron chi connectivity index (χ3n) is 4.42. The standard InChI is InChI=1S/C17H25NO/c1-3-7-14(2)16(19)17(10-12-18-13-11-17)15-8-5-4-6-9-15/h4-6,8-9,14,18H,3,7,10-13H2,1-2H3. The highest BCUT2D eigenvalue weighted by Crippen LogP contribution is 2.37. The van der Waals surface area contributed by atoms with E-state index in [-0.39, 0.29) is 11.3 Å². The van der Waals surface area contributed by atoms with E-state index >= 15 is 0 Å². The monoisotopic (exact) mass is 259 g/mol. The molecule has 2 heteroatoms. The van der Waals surface area contributed by atoms with Gasteiger partial charge in [0.25, 0.3) is 0 Å². The first-order chi connectivity index (χ1) is 9.20. The molecular formula is C17H25NO. The van der Waals surface area contributed by atoms with E-state index in [4.69, 9.17) is 0 Å². The number of hydrogen-bond donors (Lipinski definition) is 1. The lowest BCUT2D eigenvalue weighted by Crippen LogP contribution is -2.47. The summed E-state index contributed by atoms with van der Waals surface area (Å²) in [6.45, 7) is 6.14. The minimum atomic E-state index is -0.249. The Labute approximate surface area is 116 Å². The van der Waals surface area contributed by atoms with E-state index in [2.05, 4.69) is 43.4 Å². The molecule has 1 aliphatic rings. The molecule has 1 atom stereocenters. The van der Waals surface area contributed by atoms with Crippen LogP contribution in [-0.2, 0) is 10.2 Å². The molecule has 1 aromatic carbocycles. The van der Waals surface area contributed by atoms with Crippen LogP contribution >= 0.6 is 0 Å². The van der Waals surface area contributed by atoms with E-state index in [1.54, 1.807) is 0 Å². The first-order valence-corrected chi connectivity index (χ1v) is 7.51. The summed E-state index contributed by atoms with van der Waals surface area (Å²) in [5.41, 5.74) is 0.964. The van der Waals surface area contributed by atoms with Crippen LogP contribution in [0.3, 0.4) is 0 Å². The summed E-state index contributed by atoms with van der Waals surface area (Å²) in [5.74, 6) is 0.616. The zero-order valence-corrected chi connectivity index (χ0v) is 12.1. The smallest absolute Gasteiger partial charge is 0.146 e. The number of nitrogens with one attached hydrogen (secondary N) is 1. The van der Waals surface area contributed by atoms with Crippen molar-refractivity contribution in [1.29, 1.82) is 0 Å². The molecule has 0 aromatic heterocycles. The summed E-state index contributed by atoms with van der Waals surface area (Å²) >= 11 is 0. The van der Waals surface area contributed by atoms with Crippen LogP contribution in [-0.4, -0.2) is 18.9 Å². The Morgan fingerprint density at radius 2 is 1.89 bits per heavy atom. The van der Waals surface area contributed by atoms with Gasteiger partial charge >= 0.3 is 0 Å². The largest absolute Gasteiger partial charge is 0.317 e. The molecule has 19 heavy (non-hydrogen) atoms. The number of piperidine rings is 1. The summed E-state index contributed by atoms with van der Waals surface area (Å²) in [6.07, 6.45) is 3.95. The van der Waals surface area contributed by atoms with Crippen molar-refractivity contribution < 1.29 is 4.79 Å². The third-order valence-corrected chi connectivity index (χ3v) is 4.42. The Balaban J connectivity index is 2.32. The molecule has 0 saturated carbocycles. The molecule has 0 radical (unpaired) electrons. The van der Waals surface area contributed by atoms with Crippen molar-refractivity contribution in [2.75, 3.05) is 13.1 Å². The van der Waals surface area contributed by atoms with Crippen molar-refractivity contribution in [3.05, 3.63) is 35.9 Å². The first kappa shape index (κ1) is 14.3. The molecule has 0 aliphatic carbocycles. The van der Waals surface area contributed by atoms with E-state index in [0.29, 0.717) is 5.78 Å². The number of carbonyl (C=O) groups is 1. The molecule has 0 amide bonds. The molecule has 1 N–H and O–H groups in total. The third kappa shape index (κ3) is 2.89. The average Bonchev–Trinajstić information content (AvgIpc) is 2.48. The van der Waals surface area contributed by atoms with Gasteiger partial charge in [-0.05, 0) is 37.9 Å². The zero-order chi connectivity index (χ0) is 13.7. The van der Waals surface area contributed by atoms with Crippen molar-refractivity contribution in [2.24, 2.45) is 5.92 Å². The molecule has 104 valence electrons. The summed E-state index contributed by atoms with van der Waals surface area (Å²) in [5, 5.41) is 3.38. The Morgan fingerprint density at radius 3 is 2.47 bits per heavy atom. The molecule has 2 rings (SSSR count). The van der Waals surface area contributed by atoms with Crippen LogP contribution in [0.5, 0.6) is 0 Å². The minimum absolute atomic E-state index is 0.170. The molecule has 0 bridgehead atoms. The Kier molecular flexibility index (Phi) is 4.76. The van der Waals surface area contributed by atoms with E-state index < -0.39 is 0 Å². The average molecular weight is 259 g/mol. The number of hydrogen-bond acceptors (Lipinski definition) is 2. The molecular weight excluding hydrogens is 234 g/mol. The van der Waals surface area contributed by atoms with Gasteiger partial charge in [0.1, 0.15) is 5.78 Å². The van der Waals surface area contributed by atoms with Crippen LogP contribution in [0.2, 0.25) is 0 Å². The van der Waals surface area contributed by atoms with Crippen molar-refractivity contribution in [1.82, 2.24) is 5.32 Å². The highest BCUT2D eigenvalue weighted by atomic mass is 16.1. The zero-order valence-electron chi connectivity index (χ0n) is 12.1. The van der Waals surface area contributed by atoms with Gasteiger partial charge in [0.05, 0.1) is 5.41 Å². The maximum absolute atomic E-state index is 13.0. The second-order valence-electron chi connectivity index (χ2n) is 5.75. The number of rotatable bonds is 5. The van der Waals surface area contributed by atoms with Gasteiger partial charge in [-0.1, -0.05) is 50.6 Å². The predicted octanol–water partition coefficient (Wildman–Crippen LogP) is 3.31. The van der Waals surface area contributed by atoms with Gasteiger partial charge in [-0.25, -0.2) is 0 Å². The SMILES string of the molecule is CCCC(C)C(=O)C1(c2ccccc2)CCNCC1. The van der Waals surface area contributed by atoms with E-state index in [1.807, 2.05) is 6.07 Å². The molecule has 1 aromatic rings.